The van der Waals surface area contributed by atoms with E-state index in [4.69, 9.17) is 32.7 Å². The van der Waals surface area contributed by atoms with E-state index in [2.05, 4.69) is 16.9 Å². The van der Waals surface area contributed by atoms with Crippen LogP contribution in [0.3, 0.4) is 0 Å². The van der Waals surface area contributed by atoms with Crippen molar-refractivity contribution in [1.29, 1.82) is 0 Å². The molecule has 0 spiro atoms. The Morgan fingerprint density at radius 1 is 0.895 bits per heavy atom. The zero-order valence-corrected chi connectivity index (χ0v) is 22.6. The van der Waals surface area contributed by atoms with Crippen molar-refractivity contribution < 1.29 is 14.3 Å². The van der Waals surface area contributed by atoms with Crippen LogP contribution in [0.25, 0.3) is 10.9 Å². The smallest absolute Gasteiger partial charge is 0.416 e. The molecule has 3 heterocycles. The van der Waals surface area contributed by atoms with Crippen LogP contribution in [0.15, 0.2) is 66.7 Å². The Kier molecular flexibility index (Phi) is 6.95. The number of likely N-dealkylation sites (tertiary alicyclic amines) is 1. The molecule has 0 saturated carbocycles. The summed E-state index contributed by atoms with van der Waals surface area (Å²) in [5, 5.41) is 2.37. The maximum atomic E-state index is 13.5. The van der Waals surface area contributed by atoms with Gasteiger partial charge in [-0.05, 0) is 92.0 Å². The van der Waals surface area contributed by atoms with Crippen LogP contribution in [0.2, 0.25) is 10.0 Å². The van der Waals surface area contributed by atoms with Gasteiger partial charge in [0.1, 0.15) is 23.6 Å². The number of nitrogens with zero attached hydrogens (tertiary/aromatic N) is 2. The van der Waals surface area contributed by atoms with Crippen molar-refractivity contribution in [3.8, 4) is 11.5 Å². The number of hydrogen-bond donors (Lipinski definition) is 1. The number of aromatic nitrogens is 1. The monoisotopic (exact) mass is 549 g/mol. The molecule has 4 aromatic rings. The molecule has 2 aliphatic rings. The van der Waals surface area contributed by atoms with E-state index in [1.807, 2.05) is 42.5 Å². The van der Waals surface area contributed by atoms with E-state index in [1.54, 1.807) is 29.2 Å². The zero-order chi connectivity index (χ0) is 26.2. The second-order valence-electron chi connectivity index (χ2n) is 10.1. The van der Waals surface area contributed by atoms with Gasteiger partial charge in [0.15, 0.2) is 0 Å². The van der Waals surface area contributed by atoms with Gasteiger partial charge in [0.25, 0.3) is 0 Å². The lowest BCUT2D eigenvalue weighted by atomic mass is 9.92. The fraction of sp³-hybridized carbons (Fsp3) is 0.300. The molecule has 196 valence electrons. The minimum absolute atomic E-state index is 0.225. The van der Waals surface area contributed by atoms with Gasteiger partial charge < -0.3 is 19.4 Å². The number of aromatic amines is 1. The third-order valence-corrected chi connectivity index (χ3v) is 7.99. The Hall–Kier alpha value is -3.19. The fourth-order valence-corrected chi connectivity index (χ4v) is 5.79. The highest BCUT2D eigenvalue weighted by Gasteiger charge is 2.36. The number of carbonyl (C=O) groups is 1. The number of amides is 1. The van der Waals surface area contributed by atoms with Crippen molar-refractivity contribution in [2.45, 2.75) is 31.4 Å². The highest BCUT2D eigenvalue weighted by Crippen LogP contribution is 2.40. The normalized spacial score (nSPS) is 18.4. The SMILES string of the molecule is CN1CCC(Oc2ccc(C3c4[nH]c5ccc(Cl)cc5c4CCN3C(=O)Oc3ccc(Cl)cc3)cc2)CC1. The molecule has 1 atom stereocenters. The van der Waals surface area contributed by atoms with E-state index >= 15 is 0 Å². The van der Waals surface area contributed by atoms with Gasteiger partial charge in [-0.3, -0.25) is 4.90 Å². The van der Waals surface area contributed by atoms with Gasteiger partial charge in [0.2, 0.25) is 0 Å². The van der Waals surface area contributed by atoms with E-state index in [9.17, 15) is 4.79 Å². The number of fused-ring (bicyclic) bond motifs is 3. The van der Waals surface area contributed by atoms with Crippen molar-refractivity contribution >= 4 is 40.2 Å². The Morgan fingerprint density at radius 3 is 2.32 bits per heavy atom. The number of H-pyrrole nitrogens is 1. The summed E-state index contributed by atoms with van der Waals surface area (Å²) in [6.07, 6.45) is 2.55. The summed E-state index contributed by atoms with van der Waals surface area (Å²) < 4.78 is 12.0. The molecule has 1 fully saturated rings. The van der Waals surface area contributed by atoms with Crippen molar-refractivity contribution in [1.82, 2.24) is 14.8 Å². The third kappa shape index (κ3) is 5.08. The lowest BCUT2D eigenvalue weighted by Gasteiger charge is -2.35. The fourth-order valence-electron chi connectivity index (χ4n) is 5.49. The number of rotatable bonds is 4. The first-order chi connectivity index (χ1) is 18.4. The Morgan fingerprint density at radius 2 is 1.58 bits per heavy atom. The van der Waals surface area contributed by atoms with E-state index in [0.29, 0.717) is 28.8 Å². The van der Waals surface area contributed by atoms with Crippen molar-refractivity contribution in [3.63, 3.8) is 0 Å². The maximum Gasteiger partial charge on any atom is 0.416 e. The van der Waals surface area contributed by atoms with Gasteiger partial charge in [-0.15, -0.1) is 0 Å². The quantitative estimate of drug-likeness (QED) is 0.295. The Labute approximate surface area is 232 Å². The molecule has 1 amide bonds. The molecule has 0 aliphatic carbocycles. The minimum atomic E-state index is -0.411. The summed E-state index contributed by atoms with van der Waals surface area (Å²) in [6.45, 7) is 2.60. The third-order valence-electron chi connectivity index (χ3n) is 7.51. The number of nitrogens with one attached hydrogen (secondary N) is 1. The van der Waals surface area contributed by atoms with Crippen molar-refractivity contribution in [2.75, 3.05) is 26.7 Å². The van der Waals surface area contributed by atoms with Gasteiger partial charge in [-0.2, -0.15) is 0 Å². The van der Waals surface area contributed by atoms with Crippen molar-refractivity contribution in [3.05, 3.63) is 93.6 Å². The van der Waals surface area contributed by atoms with Gasteiger partial charge in [-0.1, -0.05) is 35.3 Å². The number of benzene rings is 3. The van der Waals surface area contributed by atoms with Crippen LogP contribution in [-0.2, 0) is 6.42 Å². The average Bonchev–Trinajstić information content (AvgIpc) is 3.29. The highest BCUT2D eigenvalue weighted by molar-refractivity contribution is 6.31. The lowest BCUT2D eigenvalue weighted by molar-refractivity contribution is 0.114. The first-order valence-corrected chi connectivity index (χ1v) is 13.7. The van der Waals surface area contributed by atoms with Gasteiger partial charge >= 0.3 is 6.09 Å². The number of halogens is 2. The summed E-state index contributed by atoms with van der Waals surface area (Å²) in [5.41, 5.74) is 4.13. The predicted molar refractivity (Wildman–Crippen MR) is 151 cm³/mol. The first-order valence-electron chi connectivity index (χ1n) is 12.9. The van der Waals surface area contributed by atoms with Crippen LogP contribution >= 0.6 is 23.2 Å². The van der Waals surface area contributed by atoms with Gasteiger partial charge in [0.05, 0.1) is 0 Å². The van der Waals surface area contributed by atoms with Gasteiger partial charge in [0, 0.05) is 46.3 Å². The molecule has 1 unspecified atom stereocenters. The van der Waals surface area contributed by atoms with Crippen LogP contribution in [0, 0.1) is 0 Å². The molecule has 2 aliphatic heterocycles. The molecular weight excluding hydrogens is 521 g/mol. The summed E-state index contributed by atoms with van der Waals surface area (Å²) >= 11 is 12.3. The van der Waals surface area contributed by atoms with Crippen LogP contribution in [0.5, 0.6) is 11.5 Å². The van der Waals surface area contributed by atoms with Crippen molar-refractivity contribution in [2.24, 2.45) is 0 Å². The molecule has 6 rings (SSSR count). The number of hydrogen-bond acceptors (Lipinski definition) is 4. The average molecular weight is 550 g/mol. The van der Waals surface area contributed by atoms with E-state index in [1.165, 1.54) is 5.56 Å². The second-order valence-corrected chi connectivity index (χ2v) is 10.9. The van der Waals surface area contributed by atoms with Crippen LogP contribution in [-0.4, -0.2) is 53.7 Å². The largest absolute Gasteiger partial charge is 0.490 e. The summed E-state index contributed by atoms with van der Waals surface area (Å²) in [6, 6.07) is 20.4. The number of carbonyl (C=O) groups excluding carboxylic acids is 1. The summed E-state index contributed by atoms with van der Waals surface area (Å²) in [7, 11) is 2.14. The molecule has 1 N–H and O–H groups in total. The maximum absolute atomic E-state index is 13.5. The Bertz CT molecular complexity index is 1440. The Balaban J connectivity index is 1.32. The molecule has 3 aromatic carbocycles. The molecule has 0 bridgehead atoms. The van der Waals surface area contributed by atoms with Crippen LogP contribution in [0.4, 0.5) is 4.79 Å². The lowest BCUT2D eigenvalue weighted by Crippen LogP contribution is -2.42. The molecule has 38 heavy (non-hydrogen) atoms. The van der Waals surface area contributed by atoms with Crippen LogP contribution in [0.1, 0.15) is 35.7 Å². The predicted octanol–water partition coefficient (Wildman–Crippen LogP) is 7.09. The topological polar surface area (TPSA) is 57.8 Å². The minimum Gasteiger partial charge on any atom is -0.490 e. The van der Waals surface area contributed by atoms with Gasteiger partial charge in [-0.25, -0.2) is 4.79 Å². The zero-order valence-electron chi connectivity index (χ0n) is 21.1. The molecule has 0 radical (unpaired) electrons. The number of piperidine rings is 1. The van der Waals surface area contributed by atoms with E-state index < -0.39 is 6.09 Å². The molecular formula is C30H29Cl2N3O3. The highest BCUT2D eigenvalue weighted by atomic mass is 35.5. The van der Waals surface area contributed by atoms with Crippen LogP contribution < -0.4 is 9.47 Å². The number of ether oxygens (including phenoxy) is 2. The molecule has 1 aromatic heterocycles. The first kappa shape index (κ1) is 25.1. The van der Waals surface area contributed by atoms with E-state index in [-0.39, 0.29) is 12.1 Å². The molecule has 6 nitrogen and oxygen atoms in total. The second kappa shape index (κ2) is 10.5. The molecule has 8 heteroatoms. The summed E-state index contributed by atoms with van der Waals surface area (Å²) in [4.78, 5) is 21.2. The summed E-state index contributed by atoms with van der Waals surface area (Å²) in [5.74, 6) is 1.30. The molecule has 1 saturated heterocycles. The standard InChI is InChI=1S/C30H29Cl2N3O3/c1-34-15-12-24(13-16-34)37-22-7-2-19(3-8-22)29-28-25(26-18-21(32)6-11-27(26)33-28)14-17-35(29)30(36)38-23-9-4-20(31)5-10-23/h2-11,18,24,29,33H,12-17H2,1H3. The van der Waals surface area contributed by atoms with E-state index in [0.717, 1.165) is 53.8 Å².